The number of carbonyl (C=O) groups is 2. The van der Waals surface area contributed by atoms with Crippen LogP contribution in [0.25, 0.3) is 0 Å². The summed E-state index contributed by atoms with van der Waals surface area (Å²) in [5.41, 5.74) is -1.55. The van der Waals surface area contributed by atoms with Crippen LogP contribution in [0, 0.1) is 11.7 Å². The van der Waals surface area contributed by atoms with Crippen molar-refractivity contribution in [3.63, 3.8) is 0 Å². The van der Waals surface area contributed by atoms with Gasteiger partial charge in [0, 0.05) is 35.8 Å². The lowest BCUT2D eigenvalue weighted by Crippen LogP contribution is -2.51. The summed E-state index contributed by atoms with van der Waals surface area (Å²) in [6, 6.07) is 6.41. The van der Waals surface area contributed by atoms with Gasteiger partial charge in [-0.2, -0.15) is 13.2 Å². The van der Waals surface area contributed by atoms with Crippen LogP contribution in [0.3, 0.4) is 0 Å². The van der Waals surface area contributed by atoms with Crippen LogP contribution in [0.5, 0.6) is 0 Å². The number of primary amides is 1. The Kier molecular flexibility index (Phi) is 6.93. The number of carbonyl (C=O) groups excluding carboxylic acids is 2. The second-order valence-electron chi connectivity index (χ2n) is 10.9. The first-order valence-electron chi connectivity index (χ1n) is 12.7. The van der Waals surface area contributed by atoms with Gasteiger partial charge in [-0.15, -0.1) is 12.4 Å². The van der Waals surface area contributed by atoms with Gasteiger partial charge < -0.3 is 15.7 Å². The molecular weight excluding hydrogens is 561 g/mol. The van der Waals surface area contributed by atoms with E-state index in [1.807, 2.05) is 0 Å². The van der Waals surface area contributed by atoms with Crippen molar-refractivity contribution in [1.82, 2.24) is 4.90 Å². The minimum Gasteiger partial charge on any atom is -0.372 e. The van der Waals surface area contributed by atoms with Crippen molar-refractivity contribution in [2.24, 2.45) is 11.7 Å². The summed E-state index contributed by atoms with van der Waals surface area (Å²) < 4.78 is 58.0. The predicted octanol–water partition coefficient (Wildman–Crippen LogP) is 5.01. The minimum absolute atomic E-state index is 0. The number of nitrogens with two attached hydrogens (primary N) is 1. The van der Waals surface area contributed by atoms with Crippen LogP contribution >= 0.6 is 24.0 Å². The zero-order valence-electron chi connectivity index (χ0n) is 20.7. The van der Waals surface area contributed by atoms with Crippen molar-refractivity contribution in [2.75, 3.05) is 11.4 Å². The average molecular weight is 588 g/mol. The van der Waals surface area contributed by atoms with E-state index in [1.54, 1.807) is 0 Å². The zero-order valence-corrected chi connectivity index (χ0v) is 22.3. The number of nitrogens with zero attached hydrogens (tertiary/aromatic N) is 2. The van der Waals surface area contributed by atoms with Gasteiger partial charge in [-0.3, -0.25) is 14.5 Å². The quantitative estimate of drug-likeness (QED) is 0.446. The number of aliphatic hydroxyl groups is 1. The molecule has 1 atom stereocenters. The molecule has 12 heteroatoms. The Labute approximate surface area is 233 Å². The van der Waals surface area contributed by atoms with E-state index in [-0.39, 0.29) is 30.6 Å². The van der Waals surface area contributed by atoms with Gasteiger partial charge in [0.25, 0.3) is 5.91 Å². The highest BCUT2D eigenvalue weighted by molar-refractivity contribution is 6.32. The largest absolute Gasteiger partial charge is 0.416 e. The molecule has 0 bridgehead atoms. The van der Waals surface area contributed by atoms with Gasteiger partial charge in [-0.25, -0.2) is 4.39 Å². The second-order valence-corrected chi connectivity index (χ2v) is 11.3. The van der Waals surface area contributed by atoms with Crippen LogP contribution in [0.15, 0.2) is 30.3 Å². The Balaban J connectivity index is 0.00000308. The maximum absolute atomic E-state index is 15.0. The molecule has 1 unspecified atom stereocenters. The number of halogens is 6. The summed E-state index contributed by atoms with van der Waals surface area (Å²) in [6.07, 6.45) is 1.10. The number of rotatable bonds is 7. The van der Waals surface area contributed by atoms with Gasteiger partial charge in [0.2, 0.25) is 11.5 Å². The number of hydrogen-bond donors (Lipinski definition) is 2. The molecule has 0 radical (unpaired) electrons. The van der Waals surface area contributed by atoms with Gasteiger partial charge in [-0.1, -0.05) is 17.7 Å². The Hall–Kier alpha value is -2.40. The van der Waals surface area contributed by atoms with Crippen molar-refractivity contribution in [2.45, 2.75) is 68.4 Å². The molecule has 210 valence electrons. The molecule has 3 saturated carbocycles. The first-order chi connectivity index (χ1) is 17.9. The molecular formula is C27H27Cl2F4N3O3. The van der Waals surface area contributed by atoms with Gasteiger partial charge in [0.05, 0.1) is 21.8 Å². The average Bonchev–Trinajstić information content (AvgIpc) is 3.73. The van der Waals surface area contributed by atoms with E-state index in [2.05, 4.69) is 4.90 Å². The lowest BCUT2D eigenvalue weighted by atomic mass is 9.78. The van der Waals surface area contributed by atoms with E-state index >= 15 is 4.39 Å². The maximum Gasteiger partial charge on any atom is 0.416 e. The van der Waals surface area contributed by atoms with Crippen LogP contribution in [0.1, 0.15) is 65.6 Å². The second kappa shape index (κ2) is 9.61. The van der Waals surface area contributed by atoms with E-state index in [9.17, 15) is 27.9 Å². The van der Waals surface area contributed by atoms with Gasteiger partial charge in [0.15, 0.2) is 0 Å². The Morgan fingerprint density at radius 2 is 1.72 bits per heavy atom. The molecule has 1 aliphatic heterocycles. The van der Waals surface area contributed by atoms with E-state index < -0.39 is 56.7 Å². The third kappa shape index (κ3) is 4.59. The van der Waals surface area contributed by atoms with Crippen molar-refractivity contribution >= 4 is 41.5 Å². The third-order valence-electron chi connectivity index (χ3n) is 8.25. The summed E-state index contributed by atoms with van der Waals surface area (Å²) in [6.45, 7) is 0.0133. The number of amides is 2. The summed E-state index contributed by atoms with van der Waals surface area (Å²) in [7, 11) is 0. The van der Waals surface area contributed by atoms with Gasteiger partial charge in [0.1, 0.15) is 5.82 Å². The zero-order chi connectivity index (χ0) is 27.1. The van der Waals surface area contributed by atoms with Crippen molar-refractivity contribution in [1.29, 1.82) is 0 Å². The Morgan fingerprint density at radius 3 is 2.23 bits per heavy atom. The van der Waals surface area contributed by atoms with Gasteiger partial charge >= 0.3 is 6.18 Å². The van der Waals surface area contributed by atoms with Crippen molar-refractivity contribution in [3.8, 4) is 0 Å². The summed E-state index contributed by atoms with van der Waals surface area (Å²) >= 11 is 6.16. The fourth-order valence-corrected chi connectivity index (χ4v) is 6.54. The van der Waals surface area contributed by atoms with Crippen LogP contribution in [-0.2, 0) is 16.6 Å². The van der Waals surface area contributed by atoms with Crippen LogP contribution in [0.2, 0.25) is 5.02 Å². The SMILES string of the molecule is Cl.NC(=O)c1cc2c(c(C(F)(F)F)c1)C(O)(c1c(F)cccc1Cl)C(=O)N2CC1CC(N(C2CC2)C2CC2)C1. The smallest absolute Gasteiger partial charge is 0.372 e. The molecule has 3 N–H and O–H groups in total. The molecule has 4 aliphatic rings. The molecule has 6 rings (SSSR count). The summed E-state index contributed by atoms with van der Waals surface area (Å²) in [4.78, 5) is 29.4. The molecule has 0 spiro atoms. The fraction of sp³-hybridized carbons (Fsp3) is 0.481. The lowest BCUT2D eigenvalue weighted by Gasteiger charge is -2.45. The molecule has 2 amide bonds. The molecule has 6 nitrogen and oxygen atoms in total. The summed E-state index contributed by atoms with van der Waals surface area (Å²) in [5, 5.41) is 11.4. The predicted molar refractivity (Wildman–Crippen MR) is 138 cm³/mol. The minimum atomic E-state index is -5.09. The molecule has 3 aliphatic carbocycles. The monoisotopic (exact) mass is 587 g/mol. The highest BCUT2D eigenvalue weighted by Gasteiger charge is 2.58. The van der Waals surface area contributed by atoms with E-state index in [4.69, 9.17) is 17.3 Å². The van der Waals surface area contributed by atoms with Crippen LogP contribution in [-0.4, -0.2) is 46.5 Å². The highest BCUT2D eigenvalue weighted by atomic mass is 35.5. The lowest BCUT2D eigenvalue weighted by molar-refractivity contribution is -0.142. The van der Waals surface area contributed by atoms with Crippen LogP contribution < -0.4 is 10.6 Å². The fourth-order valence-electron chi connectivity index (χ4n) is 6.25. The molecule has 39 heavy (non-hydrogen) atoms. The maximum atomic E-state index is 15.0. The van der Waals surface area contributed by atoms with E-state index in [0.29, 0.717) is 24.2 Å². The third-order valence-corrected chi connectivity index (χ3v) is 8.56. The standard InChI is InChI=1S/C27H26ClF4N3O3.ClH/c28-19-2-1-3-20(29)23(19)26(38)22-18(27(30,31)32)10-14(24(33)36)11-21(22)34(25(26)37)12-13-8-17(9-13)35(15-4-5-15)16-6-7-16;/h1-3,10-11,13,15-17,38H,4-9,12H2,(H2,33,36);1H. The van der Waals surface area contributed by atoms with Crippen LogP contribution in [0.4, 0.5) is 23.2 Å². The molecule has 0 saturated heterocycles. The Bertz CT molecular complexity index is 1310. The number of benzene rings is 2. The number of hydrogen-bond acceptors (Lipinski definition) is 4. The first-order valence-corrected chi connectivity index (χ1v) is 13.1. The highest BCUT2D eigenvalue weighted by Crippen LogP contribution is 2.53. The Morgan fingerprint density at radius 1 is 1.10 bits per heavy atom. The molecule has 1 heterocycles. The molecule has 3 fully saturated rings. The van der Waals surface area contributed by atoms with Crippen molar-refractivity contribution < 1.29 is 32.3 Å². The normalized spacial score (nSPS) is 26.3. The molecule has 0 aromatic heterocycles. The van der Waals surface area contributed by atoms with Gasteiger partial charge in [-0.05, 0) is 68.7 Å². The number of anilines is 1. The first kappa shape index (κ1) is 28.1. The number of alkyl halides is 3. The van der Waals surface area contributed by atoms with E-state index in [0.717, 1.165) is 29.9 Å². The molecule has 2 aromatic rings. The van der Waals surface area contributed by atoms with Crippen molar-refractivity contribution in [3.05, 3.63) is 63.4 Å². The summed E-state index contributed by atoms with van der Waals surface area (Å²) in [5.74, 6) is -3.43. The van der Waals surface area contributed by atoms with E-state index in [1.165, 1.54) is 37.8 Å². The molecule has 2 aromatic carbocycles. The number of fused-ring (bicyclic) bond motifs is 1. The topological polar surface area (TPSA) is 86.9 Å².